The van der Waals surface area contributed by atoms with Crippen LogP contribution in [-0.2, 0) is 4.79 Å². The average molecular weight is 421 g/mol. The summed E-state index contributed by atoms with van der Waals surface area (Å²) in [6.45, 7) is 3.51. The van der Waals surface area contributed by atoms with Crippen LogP contribution in [0.5, 0.6) is 11.5 Å². The molecule has 9 nitrogen and oxygen atoms in total. The predicted octanol–water partition coefficient (Wildman–Crippen LogP) is 2.37. The first-order valence-electron chi connectivity index (χ1n) is 10.4. The molecule has 1 N–H and O–H groups in total. The monoisotopic (exact) mass is 421 g/mol. The van der Waals surface area contributed by atoms with Gasteiger partial charge in [-0.15, -0.1) is 0 Å². The summed E-state index contributed by atoms with van der Waals surface area (Å²) in [5.41, 5.74) is 0.817. The molecular formula is C22H23N5O4. The first kappa shape index (κ1) is 19.3. The van der Waals surface area contributed by atoms with E-state index in [1.54, 1.807) is 13.1 Å². The van der Waals surface area contributed by atoms with Crippen LogP contribution in [-0.4, -0.2) is 52.9 Å². The first-order valence-corrected chi connectivity index (χ1v) is 10.4. The molecule has 2 aliphatic heterocycles. The number of para-hydroxylation sites is 2. The summed E-state index contributed by atoms with van der Waals surface area (Å²) in [5.74, 6) is 2.99. The highest BCUT2D eigenvalue weighted by atomic mass is 16.6. The van der Waals surface area contributed by atoms with Crippen molar-refractivity contribution < 1.29 is 18.8 Å². The zero-order valence-corrected chi connectivity index (χ0v) is 17.2. The second kappa shape index (κ2) is 8.25. The van der Waals surface area contributed by atoms with Gasteiger partial charge in [-0.3, -0.25) is 4.79 Å². The van der Waals surface area contributed by atoms with Gasteiger partial charge in [-0.1, -0.05) is 17.3 Å². The van der Waals surface area contributed by atoms with Crippen LogP contribution < -0.4 is 19.7 Å². The van der Waals surface area contributed by atoms with Crippen LogP contribution in [0.2, 0.25) is 0 Å². The molecular weight excluding hydrogens is 398 g/mol. The number of carbonyl (C=O) groups excluding carboxylic acids is 1. The minimum atomic E-state index is -0.643. The fourth-order valence-corrected chi connectivity index (χ4v) is 3.90. The summed E-state index contributed by atoms with van der Waals surface area (Å²) >= 11 is 0. The maximum Gasteiger partial charge on any atom is 0.264 e. The number of benzene rings is 1. The van der Waals surface area contributed by atoms with Crippen molar-refractivity contribution in [3.63, 3.8) is 0 Å². The molecule has 1 saturated heterocycles. The number of carbonyl (C=O) groups is 1. The number of pyridine rings is 1. The van der Waals surface area contributed by atoms with Crippen LogP contribution in [0, 0.1) is 6.92 Å². The van der Waals surface area contributed by atoms with Gasteiger partial charge in [0, 0.05) is 25.3 Å². The van der Waals surface area contributed by atoms with E-state index in [4.69, 9.17) is 14.0 Å². The summed E-state index contributed by atoms with van der Waals surface area (Å²) in [6.07, 6.45) is 2.72. The molecule has 0 unspecified atom stereocenters. The standard InChI is InChI=1S/C22H23N5O4/c1-14-24-22(31-26-14)16-5-4-10-23-20(16)27-11-8-15(9-12-27)25-21(28)19-13-29-17-6-2-3-7-18(17)30-19/h2-7,10,15,19H,8-9,11-13H2,1H3,(H,25,28)/t19-/m1/s1. The molecule has 1 fully saturated rings. The predicted molar refractivity (Wildman–Crippen MR) is 112 cm³/mol. The number of hydrogen-bond acceptors (Lipinski definition) is 8. The number of anilines is 1. The van der Waals surface area contributed by atoms with Crippen LogP contribution in [0.25, 0.3) is 11.5 Å². The molecule has 2 aromatic heterocycles. The molecule has 0 bridgehead atoms. The molecule has 4 heterocycles. The highest BCUT2D eigenvalue weighted by molar-refractivity contribution is 5.82. The van der Waals surface area contributed by atoms with Crippen molar-refractivity contribution in [1.82, 2.24) is 20.4 Å². The fourth-order valence-electron chi connectivity index (χ4n) is 3.90. The van der Waals surface area contributed by atoms with Crippen molar-refractivity contribution in [2.24, 2.45) is 0 Å². The number of fused-ring (bicyclic) bond motifs is 1. The van der Waals surface area contributed by atoms with Gasteiger partial charge in [-0.2, -0.15) is 4.98 Å². The Labute approximate surface area is 179 Å². The summed E-state index contributed by atoms with van der Waals surface area (Å²) in [6, 6.07) is 11.2. The SMILES string of the molecule is Cc1noc(-c2cccnc2N2CCC(NC(=O)[C@H]3COc4ccccc4O3)CC2)n1. The molecule has 5 rings (SSSR count). The van der Waals surface area contributed by atoms with Crippen molar-refractivity contribution in [2.75, 3.05) is 24.6 Å². The van der Waals surface area contributed by atoms with Gasteiger partial charge in [0.2, 0.25) is 6.10 Å². The summed E-state index contributed by atoms with van der Waals surface area (Å²) in [5, 5.41) is 6.99. The lowest BCUT2D eigenvalue weighted by Crippen LogP contribution is -2.51. The van der Waals surface area contributed by atoms with E-state index in [-0.39, 0.29) is 18.6 Å². The molecule has 9 heteroatoms. The van der Waals surface area contributed by atoms with Gasteiger partial charge in [0.05, 0.1) is 5.56 Å². The molecule has 2 aliphatic rings. The van der Waals surface area contributed by atoms with Crippen LogP contribution >= 0.6 is 0 Å². The van der Waals surface area contributed by atoms with E-state index >= 15 is 0 Å². The Morgan fingerprint density at radius 1 is 1.13 bits per heavy atom. The largest absolute Gasteiger partial charge is 0.485 e. The average Bonchev–Trinajstić information content (AvgIpc) is 3.25. The van der Waals surface area contributed by atoms with E-state index < -0.39 is 6.10 Å². The third-order valence-corrected chi connectivity index (χ3v) is 5.49. The van der Waals surface area contributed by atoms with Gasteiger partial charge in [0.1, 0.15) is 12.4 Å². The van der Waals surface area contributed by atoms with E-state index in [0.29, 0.717) is 23.2 Å². The minimum Gasteiger partial charge on any atom is -0.485 e. The van der Waals surface area contributed by atoms with Gasteiger partial charge in [-0.25, -0.2) is 4.98 Å². The number of ether oxygens (including phenoxy) is 2. The Bertz CT molecular complexity index is 1080. The second-order valence-electron chi connectivity index (χ2n) is 7.66. The van der Waals surface area contributed by atoms with Crippen LogP contribution in [0.3, 0.4) is 0 Å². The molecule has 1 amide bonds. The van der Waals surface area contributed by atoms with Gasteiger partial charge in [0.25, 0.3) is 11.8 Å². The van der Waals surface area contributed by atoms with Crippen molar-refractivity contribution in [2.45, 2.75) is 31.9 Å². The maximum atomic E-state index is 12.7. The Kier molecular flexibility index (Phi) is 5.15. The zero-order valence-electron chi connectivity index (χ0n) is 17.2. The van der Waals surface area contributed by atoms with Crippen molar-refractivity contribution in [3.8, 4) is 23.0 Å². The zero-order chi connectivity index (χ0) is 21.2. The van der Waals surface area contributed by atoms with Gasteiger partial charge < -0.3 is 24.2 Å². The van der Waals surface area contributed by atoms with E-state index in [0.717, 1.165) is 37.3 Å². The van der Waals surface area contributed by atoms with Gasteiger partial charge in [-0.05, 0) is 44.0 Å². The third-order valence-electron chi connectivity index (χ3n) is 5.49. The summed E-state index contributed by atoms with van der Waals surface area (Å²) in [7, 11) is 0. The van der Waals surface area contributed by atoms with Crippen LogP contribution in [0.1, 0.15) is 18.7 Å². The molecule has 0 radical (unpaired) electrons. The first-order chi connectivity index (χ1) is 15.2. The Hall–Kier alpha value is -3.62. The topological polar surface area (TPSA) is 103 Å². The molecule has 0 aliphatic carbocycles. The third kappa shape index (κ3) is 4.03. The van der Waals surface area contributed by atoms with Crippen molar-refractivity contribution in [3.05, 3.63) is 48.4 Å². The number of hydrogen-bond donors (Lipinski definition) is 1. The molecule has 0 saturated carbocycles. The summed E-state index contributed by atoms with van der Waals surface area (Å²) in [4.78, 5) is 23.8. The number of piperidine rings is 1. The van der Waals surface area contributed by atoms with Crippen LogP contribution in [0.4, 0.5) is 5.82 Å². The molecule has 160 valence electrons. The fraction of sp³-hybridized carbons (Fsp3) is 0.364. The Morgan fingerprint density at radius 3 is 2.71 bits per heavy atom. The van der Waals surface area contributed by atoms with E-state index in [1.807, 2.05) is 36.4 Å². The number of amides is 1. The van der Waals surface area contributed by atoms with Crippen molar-refractivity contribution in [1.29, 1.82) is 0 Å². The van der Waals surface area contributed by atoms with Crippen molar-refractivity contribution >= 4 is 11.7 Å². The van der Waals surface area contributed by atoms with E-state index in [2.05, 4.69) is 25.3 Å². The molecule has 0 spiro atoms. The number of aryl methyl sites for hydroxylation is 1. The second-order valence-corrected chi connectivity index (χ2v) is 7.66. The lowest BCUT2D eigenvalue weighted by atomic mass is 10.0. The lowest BCUT2D eigenvalue weighted by molar-refractivity contribution is -0.131. The smallest absolute Gasteiger partial charge is 0.264 e. The molecule has 1 aromatic carbocycles. The number of rotatable bonds is 4. The Morgan fingerprint density at radius 2 is 1.94 bits per heavy atom. The highest BCUT2D eigenvalue weighted by Crippen LogP contribution is 2.31. The normalized spacial score (nSPS) is 18.6. The maximum absolute atomic E-state index is 12.7. The Balaban J connectivity index is 1.20. The number of nitrogens with one attached hydrogen (secondary N) is 1. The quantitative estimate of drug-likeness (QED) is 0.685. The van der Waals surface area contributed by atoms with E-state index in [9.17, 15) is 4.79 Å². The molecule has 3 aromatic rings. The van der Waals surface area contributed by atoms with Gasteiger partial charge in [0.15, 0.2) is 17.3 Å². The molecule has 1 atom stereocenters. The van der Waals surface area contributed by atoms with E-state index in [1.165, 1.54) is 0 Å². The number of nitrogens with zero attached hydrogens (tertiary/aromatic N) is 4. The van der Waals surface area contributed by atoms with Crippen LogP contribution in [0.15, 0.2) is 47.1 Å². The number of aromatic nitrogens is 3. The minimum absolute atomic E-state index is 0.0716. The highest BCUT2D eigenvalue weighted by Gasteiger charge is 2.30. The molecule has 31 heavy (non-hydrogen) atoms. The lowest BCUT2D eigenvalue weighted by Gasteiger charge is -2.34. The summed E-state index contributed by atoms with van der Waals surface area (Å²) < 4.78 is 16.8. The van der Waals surface area contributed by atoms with Gasteiger partial charge >= 0.3 is 0 Å².